The first-order valence-corrected chi connectivity index (χ1v) is 7.31. The number of hydrogen-bond acceptors (Lipinski definition) is 3. The van der Waals surface area contributed by atoms with Gasteiger partial charge in [0.1, 0.15) is 6.04 Å². The summed E-state index contributed by atoms with van der Waals surface area (Å²) in [6.07, 6.45) is 3.68. The van der Waals surface area contributed by atoms with Gasteiger partial charge in [-0.1, -0.05) is 13.3 Å². The van der Waals surface area contributed by atoms with E-state index in [0.29, 0.717) is 25.4 Å². The normalized spacial score (nSPS) is 33.4. The Bertz CT molecular complexity index is 374. The van der Waals surface area contributed by atoms with Gasteiger partial charge >= 0.3 is 12.0 Å². The Hall–Kier alpha value is -1.30. The number of nitrogens with zero attached hydrogens (tertiary/aromatic N) is 1. The summed E-state index contributed by atoms with van der Waals surface area (Å²) in [5.41, 5.74) is 0. The first kappa shape index (κ1) is 15.1. The monoisotopic (exact) mass is 284 g/mol. The van der Waals surface area contributed by atoms with E-state index in [9.17, 15) is 14.7 Å². The van der Waals surface area contributed by atoms with Crippen LogP contribution in [-0.4, -0.2) is 54.4 Å². The van der Waals surface area contributed by atoms with Crippen LogP contribution in [0.3, 0.4) is 0 Å². The molecule has 0 radical (unpaired) electrons. The molecule has 4 unspecified atom stereocenters. The summed E-state index contributed by atoms with van der Waals surface area (Å²) in [4.78, 5) is 24.7. The smallest absolute Gasteiger partial charge is 0.326 e. The van der Waals surface area contributed by atoms with Crippen LogP contribution in [0.2, 0.25) is 0 Å². The number of methoxy groups -OCH3 is 1. The van der Waals surface area contributed by atoms with Crippen LogP contribution in [-0.2, 0) is 9.53 Å². The topological polar surface area (TPSA) is 78.9 Å². The average molecular weight is 284 g/mol. The van der Waals surface area contributed by atoms with Gasteiger partial charge in [0.15, 0.2) is 0 Å². The number of urea groups is 1. The Kier molecular flexibility index (Phi) is 4.86. The van der Waals surface area contributed by atoms with Crippen molar-refractivity contribution in [3.05, 3.63) is 0 Å². The number of rotatable bonds is 4. The Labute approximate surface area is 119 Å². The minimum absolute atomic E-state index is 0.187. The third-order valence-electron chi connectivity index (χ3n) is 4.49. The summed E-state index contributed by atoms with van der Waals surface area (Å²) >= 11 is 0. The largest absolute Gasteiger partial charge is 0.480 e. The predicted molar refractivity (Wildman–Crippen MR) is 73.4 cm³/mol. The van der Waals surface area contributed by atoms with Crippen molar-refractivity contribution in [1.82, 2.24) is 10.2 Å². The van der Waals surface area contributed by atoms with Gasteiger partial charge in [0.05, 0.1) is 6.10 Å². The zero-order chi connectivity index (χ0) is 14.7. The van der Waals surface area contributed by atoms with Crippen molar-refractivity contribution in [3.8, 4) is 0 Å². The molecule has 2 aliphatic rings. The van der Waals surface area contributed by atoms with E-state index in [-0.39, 0.29) is 12.1 Å². The standard InChI is InChI=1S/C14H24N2O4/c1-9-3-4-10(5-9)7-15-14(19)16-8-11(20-2)6-12(16)13(17)18/h9-12H,3-8H2,1-2H3,(H,15,19)(H,17,18). The van der Waals surface area contributed by atoms with Crippen LogP contribution in [0.5, 0.6) is 0 Å². The van der Waals surface area contributed by atoms with Crippen LogP contribution in [0.15, 0.2) is 0 Å². The predicted octanol–water partition coefficient (Wildman–Crippen LogP) is 1.31. The Morgan fingerprint density at radius 3 is 2.65 bits per heavy atom. The molecule has 0 aromatic carbocycles. The lowest BCUT2D eigenvalue weighted by Crippen LogP contribution is -2.47. The molecule has 2 N–H and O–H groups in total. The molecule has 2 amide bonds. The van der Waals surface area contributed by atoms with Crippen LogP contribution < -0.4 is 5.32 Å². The minimum atomic E-state index is -0.964. The Balaban J connectivity index is 1.85. The van der Waals surface area contributed by atoms with Crippen LogP contribution in [0.25, 0.3) is 0 Å². The summed E-state index contributed by atoms with van der Waals surface area (Å²) in [6, 6.07) is -1.06. The second-order valence-electron chi connectivity index (χ2n) is 6.07. The summed E-state index contributed by atoms with van der Waals surface area (Å²) in [5, 5.41) is 12.1. The molecule has 2 fully saturated rings. The molecule has 0 bridgehead atoms. The van der Waals surface area contributed by atoms with Gasteiger partial charge in [-0.3, -0.25) is 0 Å². The van der Waals surface area contributed by atoms with Gasteiger partial charge in [-0.05, 0) is 24.7 Å². The van der Waals surface area contributed by atoms with Crippen molar-refractivity contribution >= 4 is 12.0 Å². The van der Waals surface area contributed by atoms with Gasteiger partial charge in [0.25, 0.3) is 0 Å². The molecule has 114 valence electrons. The molecule has 1 aliphatic heterocycles. The van der Waals surface area contributed by atoms with E-state index in [2.05, 4.69) is 12.2 Å². The Morgan fingerprint density at radius 1 is 1.35 bits per heavy atom. The van der Waals surface area contributed by atoms with Gasteiger partial charge in [-0.2, -0.15) is 0 Å². The summed E-state index contributed by atoms with van der Waals surface area (Å²) in [5.74, 6) is 0.292. The van der Waals surface area contributed by atoms with Crippen LogP contribution in [0.1, 0.15) is 32.6 Å². The number of hydrogen-bond donors (Lipinski definition) is 2. The number of carbonyl (C=O) groups is 2. The van der Waals surface area contributed by atoms with E-state index in [1.807, 2.05) is 0 Å². The van der Waals surface area contributed by atoms with Crippen LogP contribution in [0, 0.1) is 11.8 Å². The maximum atomic E-state index is 12.2. The molecule has 1 saturated carbocycles. The van der Waals surface area contributed by atoms with Gasteiger partial charge in [0.2, 0.25) is 0 Å². The molecule has 20 heavy (non-hydrogen) atoms. The number of amides is 2. The van der Waals surface area contributed by atoms with Crippen molar-refractivity contribution in [1.29, 1.82) is 0 Å². The average Bonchev–Trinajstić information content (AvgIpc) is 3.02. The van der Waals surface area contributed by atoms with E-state index in [1.54, 1.807) is 7.11 Å². The van der Waals surface area contributed by atoms with Gasteiger partial charge < -0.3 is 20.1 Å². The van der Waals surface area contributed by atoms with Crippen molar-refractivity contribution in [2.45, 2.75) is 44.8 Å². The number of nitrogens with one attached hydrogen (secondary N) is 1. The number of aliphatic carboxylic acids is 1. The number of carboxylic acid groups (broad SMARTS) is 1. The maximum absolute atomic E-state index is 12.2. The van der Waals surface area contributed by atoms with Crippen LogP contribution >= 0.6 is 0 Å². The molecule has 1 aliphatic carbocycles. The van der Waals surface area contributed by atoms with Crippen LogP contribution in [0.4, 0.5) is 4.79 Å². The van der Waals surface area contributed by atoms with Crippen molar-refractivity contribution < 1.29 is 19.4 Å². The molecular formula is C14H24N2O4. The van der Waals surface area contributed by atoms with E-state index < -0.39 is 12.0 Å². The third kappa shape index (κ3) is 3.42. The van der Waals surface area contributed by atoms with E-state index in [1.165, 1.54) is 11.3 Å². The van der Waals surface area contributed by atoms with Gasteiger partial charge in [-0.15, -0.1) is 0 Å². The molecule has 1 saturated heterocycles. The summed E-state index contributed by atoms with van der Waals surface area (Å²) < 4.78 is 5.18. The SMILES string of the molecule is COC1CC(C(=O)O)N(C(=O)NCC2CCC(C)C2)C1. The van der Waals surface area contributed by atoms with E-state index in [0.717, 1.165) is 18.8 Å². The first-order valence-electron chi connectivity index (χ1n) is 7.31. The molecule has 0 spiro atoms. The molecular weight excluding hydrogens is 260 g/mol. The number of carboxylic acids is 1. The zero-order valence-corrected chi connectivity index (χ0v) is 12.2. The zero-order valence-electron chi connectivity index (χ0n) is 12.2. The molecule has 6 heteroatoms. The lowest BCUT2D eigenvalue weighted by atomic mass is 10.1. The van der Waals surface area contributed by atoms with Gasteiger partial charge in [-0.25, -0.2) is 9.59 Å². The molecule has 4 atom stereocenters. The van der Waals surface area contributed by atoms with E-state index >= 15 is 0 Å². The van der Waals surface area contributed by atoms with Crippen molar-refractivity contribution in [3.63, 3.8) is 0 Å². The second-order valence-corrected chi connectivity index (χ2v) is 6.07. The lowest BCUT2D eigenvalue weighted by Gasteiger charge is -2.22. The van der Waals surface area contributed by atoms with Crippen molar-refractivity contribution in [2.24, 2.45) is 11.8 Å². The van der Waals surface area contributed by atoms with E-state index in [4.69, 9.17) is 4.74 Å². The number of ether oxygens (including phenoxy) is 1. The number of likely N-dealkylation sites (tertiary alicyclic amines) is 1. The summed E-state index contributed by atoms with van der Waals surface area (Å²) in [6.45, 7) is 3.22. The molecule has 0 aromatic heterocycles. The minimum Gasteiger partial charge on any atom is -0.480 e. The molecule has 2 rings (SSSR count). The molecule has 1 heterocycles. The van der Waals surface area contributed by atoms with Crippen molar-refractivity contribution in [2.75, 3.05) is 20.2 Å². The Morgan fingerprint density at radius 2 is 2.10 bits per heavy atom. The maximum Gasteiger partial charge on any atom is 0.326 e. The highest BCUT2D eigenvalue weighted by atomic mass is 16.5. The van der Waals surface area contributed by atoms with Gasteiger partial charge in [0, 0.05) is 26.6 Å². The fourth-order valence-corrected chi connectivity index (χ4v) is 3.27. The first-order chi connectivity index (χ1) is 9.51. The second kappa shape index (κ2) is 6.43. The quantitative estimate of drug-likeness (QED) is 0.815. The highest BCUT2D eigenvalue weighted by Gasteiger charge is 2.40. The molecule has 0 aromatic rings. The number of carbonyl (C=O) groups excluding carboxylic acids is 1. The highest BCUT2D eigenvalue weighted by molar-refractivity contribution is 5.83. The lowest BCUT2D eigenvalue weighted by molar-refractivity contribution is -0.141. The fraction of sp³-hybridized carbons (Fsp3) is 0.857. The third-order valence-corrected chi connectivity index (χ3v) is 4.49. The fourth-order valence-electron chi connectivity index (χ4n) is 3.27. The highest BCUT2D eigenvalue weighted by Crippen LogP contribution is 2.29. The summed E-state index contributed by atoms with van der Waals surface area (Å²) in [7, 11) is 1.55. The molecule has 6 nitrogen and oxygen atoms in total.